The number of piperidine rings is 1. The van der Waals surface area contributed by atoms with Crippen molar-refractivity contribution in [1.29, 1.82) is 0 Å². The Balaban J connectivity index is 1.25. The summed E-state index contributed by atoms with van der Waals surface area (Å²) in [6.07, 6.45) is -5.91. The van der Waals surface area contributed by atoms with Crippen LogP contribution in [0.5, 0.6) is 11.5 Å². The fourth-order valence-electron chi connectivity index (χ4n) is 8.56. The standard InChI is InChI=1S/C45H62N14O20/c46-9-1-3-20(52-39(72)24(15-33(67)68)54-41(74)26-8-11-47-36-23(50-30(63)5-6-32(65)66)13-19-14-28(61)29(62)16-27(19)59(26)36)38(71)56-34(35(69)44(77)78)42(75)57-45-48-10-7-21(55-45)37(70)49-17-31(64)51-25(18-60)40(73)53-22-4-2-12-58(79)43(22)76/h13-14,16,20-22,24-26,34-35,45,48,55,60,69,79H,1-12,15,17-18,46H2,(H13,47,49,50,51,52,53,54,56,57,61,62,63,64,65,66,67,68,70,71,72,73,74,75,77,78)/p+1/t20?,21?,22?,24?,25?,26-,34?,35?,45?/m0/s1. The number of nitrogens with zero attached hydrogens (tertiary/aromatic N) is 2. The zero-order chi connectivity index (χ0) is 58.2. The van der Waals surface area contributed by atoms with Gasteiger partial charge >= 0.3 is 17.9 Å². The molecular weight excluding hydrogens is 1060 g/mol. The molecule has 2 saturated heterocycles. The maximum Gasteiger partial charge on any atom is 0.335 e. The van der Waals surface area contributed by atoms with Crippen molar-refractivity contribution in [1.82, 2.24) is 52.9 Å². The van der Waals surface area contributed by atoms with Crippen LogP contribution in [0.1, 0.15) is 63.8 Å². The maximum absolute atomic E-state index is 14.2. The lowest BCUT2D eigenvalue weighted by molar-refractivity contribution is -0.674. The second kappa shape index (κ2) is 28.2. The van der Waals surface area contributed by atoms with Gasteiger partial charge in [0.15, 0.2) is 23.6 Å². The number of nitrogens with one attached hydrogen (secondary N) is 11. The highest BCUT2D eigenvalue weighted by atomic mass is 16.5. The number of carboxylic acids is 3. The number of carbonyl (C=O) groups excluding carboxylic acids is 9. The topological polar surface area (TPSA) is 532 Å². The minimum Gasteiger partial charge on any atom is -0.504 e. The zero-order valence-electron chi connectivity index (χ0n) is 42.0. The number of fused-ring (bicyclic) bond motifs is 3. The second-order valence-corrected chi connectivity index (χ2v) is 18.4. The average Bonchev–Trinajstić information content (AvgIpc) is 3.55. The number of aliphatic hydroxyl groups excluding tert-OH is 2. The first-order valence-corrected chi connectivity index (χ1v) is 24.6. The van der Waals surface area contributed by atoms with Gasteiger partial charge in [-0.05, 0) is 50.8 Å². The number of amides is 9. The van der Waals surface area contributed by atoms with Crippen LogP contribution in [0.4, 0.5) is 11.5 Å². The highest BCUT2D eigenvalue weighted by Gasteiger charge is 2.41. The molecule has 0 saturated carbocycles. The van der Waals surface area contributed by atoms with Gasteiger partial charge in [0.25, 0.3) is 17.6 Å². The van der Waals surface area contributed by atoms with E-state index in [2.05, 4.69) is 58.5 Å². The molecule has 3 aliphatic heterocycles. The summed E-state index contributed by atoms with van der Waals surface area (Å²) >= 11 is 0. The Bertz CT molecular complexity index is 2700. The maximum atomic E-state index is 14.2. The van der Waals surface area contributed by atoms with Gasteiger partial charge < -0.3 is 84.0 Å². The third kappa shape index (κ3) is 16.7. The Hall–Kier alpha value is -8.57. The lowest BCUT2D eigenvalue weighted by atomic mass is 10.0. The Kier molecular flexibility index (Phi) is 21.9. The number of anilines is 2. The minimum absolute atomic E-state index is 0.00288. The molecule has 3 aliphatic rings. The summed E-state index contributed by atoms with van der Waals surface area (Å²) < 4.78 is 1.29. The van der Waals surface area contributed by atoms with Gasteiger partial charge in [0, 0.05) is 37.4 Å². The van der Waals surface area contributed by atoms with Crippen LogP contribution in [-0.2, 0) is 57.5 Å². The van der Waals surface area contributed by atoms with Crippen LogP contribution in [0.2, 0.25) is 0 Å². The van der Waals surface area contributed by atoms with Gasteiger partial charge in [0.2, 0.25) is 41.4 Å². The van der Waals surface area contributed by atoms with E-state index in [4.69, 9.17) is 10.8 Å². The molecule has 1 aromatic heterocycles. The number of rotatable bonds is 26. The van der Waals surface area contributed by atoms with Crippen LogP contribution < -0.4 is 68.8 Å². The van der Waals surface area contributed by atoms with E-state index in [1.54, 1.807) is 0 Å². The van der Waals surface area contributed by atoms with Gasteiger partial charge in [-0.1, -0.05) is 0 Å². The molecule has 9 atom stereocenters. The molecule has 79 heavy (non-hydrogen) atoms. The number of benzene rings is 1. The summed E-state index contributed by atoms with van der Waals surface area (Å²) in [5, 5.41) is 107. The number of hydroxylamine groups is 2. The van der Waals surface area contributed by atoms with Crippen molar-refractivity contribution in [3.05, 3.63) is 18.2 Å². The first-order valence-electron chi connectivity index (χ1n) is 24.6. The van der Waals surface area contributed by atoms with E-state index in [-0.39, 0.29) is 80.7 Å². The molecule has 34 nitrogen and oxygen atoms in total. The van der Waals surface area contributed by atoms with E-state index in [1.807, 2.05) is 0 Å². The Labute approximate surface area is 446 Å². The number of phenolic OH excluding ortho intramolecular Hbond substituents is 2. The zero-order valence-corrected chi connectivity index (χ0v) is 42.0. The number of phenols is 2. The van der Waals surface area contributed by atoms with Crippen LogP contribution in [0.15, 0.2) is 18.2 Å². The van der Waals surface area contributed by atoms with Gasteiger partial charge in [-0.3, -0.25) is 73.9 Å². The predicted molar refractivity (Wildman–Crippen MR) is 263 cm³/mol. The minimum atomic E-state index is -2.65. The number of aromatic hydroxyl groups is 2. The third-order valence-corrected chi connectivity index (χ3v) is 12.6. The van der Waals surface area contributed by atoms with E-state index in [9.17, 15) is 93.4 Å². The summed E-state index contributed by atoms with van der Waals surface area (Å²) in [7, 11) is 0. The van der Waals surface area contributed by atoms with Crippen molar-refractivity contribution in [3.8, 4) is 11.5 Å². The Morgan fingerprint density at radius 3 is 2.15 bits per heavy atom. The summed E-state index contributed by atoms with van der Waals surface area (Å²) in [5.74, 6) is -15.2. The molecule has 0 radical (unpaired) electrons. The molecule has 0 spiro atoms. The van der Waals surface area contributed by atoms with Crippen molar-refractivity contribution in [2.45, 2.75) is 112 Å². The molecule has 1 aromatic carbocycles. The van der Waals surface area contributed by atoms with Crippen molar-refractivity contribution in [2.75, 3.05) is 50.0 Å². The van der Waals surface area contributed by atoms with E-state index in [0.29, 0.717) is 11.5 Å². The number of nitrogens with two attached hydrogens (primary N) is 1. The molecule has 2 fully saturated rings. The number of hydrogen-bond acceptors (Lipinski definition) is 21. The van der Waals surface area contributed by atoms with Crippen LogP contribution in [-0.4, -0.2) is 205 Å². The molecule has 34 heteroatoms. The first kappa shape index (κ1) is 61.3. The van der Waals surface area contributed by atoms with E-state index < -0.39 is 170 Å². The van der Waals surface area contributed by atoms with Crippen molar-refractivity contribution in [2.24, 2.45) is 5.73 Å². The molecule has 4 heterocycles. The van der Waals surface area contributed by atoms with Gasteiger partial charge in [0.05, 0.1) is 38.6 Å². The number of carboxylic acid groups (broad SMARTS) is 3. The van der Waals surface area contributed by atoms with Gasteiger partial charge in [0.1, 0.15) is 47.7 Å². The quantitative estimate of drug-likeness (QED) is 0.0236. The van der Waals surface area contributed by atoms with Crippen LogP contribution >= 0.6 is 0 Å². The highest BCUT2D eigenvalue weighted by Crippen LogP contribution is 2.35. The van der Waals surface area contributed by atoms with Crippen molar-refractivity contribution >= 4 is 93.5 Å². The normalized spacial score (nSPS) is 19.7. The van der Waals surface area contributed by atoms with Gasteiger partial charge in [-0.2, -0.15) is 0 Å². The number of aliphatic carboxylic acids is 3. The number of aromatic nitrogens is 1. The molecule has 432 valence electrons. The molecular formula is C45H63N14O20+. The van der Waals surface area contributed by atoms with Gasteiger partial charge in [-0.15, -0.1) is 0 Å². The van der Waals surface area contributed by atoms with Gasteiger partial charge in [-0.25, -0.2) is 14.4 Å². The highest BCUT2D eigenvalue weighted by molar-refractivity contribution is 6.00. The lowest BCUT2D eigenvalue weighted by Gasteiger charge is -2.33. The smallest absolute Gasteiger partial charge is 0.335 e. The van der Waals surface area contributed by atoms with E-state index in [0.717, 1.165) is 12.1 Å². The third-order valence-electron chi connectivity index (χ3n) is 12.6. The SMILES string of the molecule is NCCCC(NC(=O)C(CC(=O)O)NC(=O)[C@@H]1CCNc2c(NC(=O)CCC(=O)O)cc3cc(O)c(O)cc3[n+]21)C(=O)NC(C(=O)NC1NCCC(C(=O)NCC(=O)NC(CO)C(=O)NC2CCCN(O)C2=O)N1)C(O)C(=O)O. The molecule has 5 rings (SSSR count). The van der Waals surface area contributed by atoms with E-state index in [1.165, 1.54) is 10.6 Å². The lowest BCUT2D eigenvalue weighted by Crippen LogP contribution is -2.68. The first-order chi connectivity index (χ1) is 37.4. The second-order valence-electron chi connectivity index (χ2n) is 18.4. The van der Waals surface area contributed by atoms with Crippen LogP contribution in [0.25, 0.3) is 10.9 Å². The molecule has 2 aromatic rings. The Morgan fingerprint density at radius 2 is 1.48 bits per heavy atom. The molecule has 0 bridgehead atoms. The fraction of sp³-hybridized carbons (Fsp3) is 0.533. The molecule has 21 N–H and O–H groups in total. The summed E-state index contributed by atoms with van der Waals surface area (Å²) in [6, 6.07) is -7.60. The summed E-state index contributed by atoms with van der Waals surface area (Å²) in [4.78, 5) is 154. The number of aliphatic hydroxyl groups is 2. The number of hydrogen-bond donors (Lipinski definition) is 20. The largest absolute Gasteiger partial charge is 0.504 e. The molecule has 0 aliphatic carbocycles. The molecule has 8 unspecified atom stereocenters. The Morgan fingerprint density at radius 1 is 0.772 bits per heavy atom. The molecule has 9 amide bonds. The van der Waals surface area contributed by atoms with Crippen molar-refractivity contribution in [3.63, 3.8) is 0 Å². The summed E-state index contributed by atoms with van der Waals surface area (Å²) in [6.45, 7) is -1.64. The summed E-state index contributed by atoms with van der Waals surface area (Å²) in [5.41, 5.74) is 5.78. The van der Waals surface area contributed by atoms with Crippen LogP contribution in [0, 0.1) is 0 Å². The van der Waals surface area contributed by atoms with E-state index >= 15 is 0 Å². The average molecular weight is 1120 g/mol. The monoisotopic (exact) mass is 1120 g/mol. The van der Waals surface area contributed by atoms with Crippen LogP contribution in [0.3, 0.4) is 0 Å². The van der Waals surface area contributed by atoms with Crippen molar-refractivity contribution < 1.29 is 103 Å². The predicted octanol–water partition coefficient (Wildman–Crippen LogP) is -7.75. The number of pyridine rings is 1. The number of carbonyl (C=O) groups is 12. The fourth-order valence-corrected chi connectivity index (χ4v) is 8.56.